The SMILES string of the molecule is CN(Cc1ccccc1)c1nc(Cl)nc2c1cnn2C1CCC(COCCP(=O)(O)O)O1. The Morgan fingerprint density at radius 1 is 1.28 bits per heavy atom. The second kappa shape index (κ2) is 9.82. The van der Waals surface area contributed by atoms with Crippen LogP contribution in [-0.4, -0.2) is 62.1 Å². The molecule has 10 nitrogen and oxygen atoms in total. The molecule has 0 aliphatic carbocycles. The van der Waals surface area contributed by atoms with Gasteiger partial charge in [-0.25, -0.2) is 4.68 Å². The van der Waals surface area contributed by atoms with Crippen LogP contribution in [0.25, 0.3) is 11.0 Å². The molecule has 0 saturated carbocycles. The van der Waals surface area contributed by atoms with E-state index in [-0.39, 0.29) is 37.0 Å². The van der Waals surface area contributed by atoms with Crippen molar-refractivity contribution in [1.82, 2.24) is 19.7 Å². The Morgan fingerprint density at radius 2 is 2.06 bits per heavy atom. The first kappa shape index (κ1) is 23.1. The average Bonchev–Trinajstić information content (AvgIpc) is 3.37. The summed E-state index contributed by atoms with van der Waals surface area (Å²) in [7, 11) is -2.11. The molecule has 1 aliphatic heterocycles. The highest BCUT2D eigenvalue weighted by atomic mass is 35.5. The van der Waals surface area contributed by atoms with Crippen LogP contribution in [0.4, 0.5) is 5.82 Å². The van der Waals surface area contributed by atoms with Crippen molar-refractivity contribution in [3.63, 3.8) is 0 Å². The molecule has 2 unspecified atom stereocenters. The molecule has 12 heteroatoms. The van der Waals surface area contributed by atoms with E-state index in [1.165, 1.54) is 0 Å². The molecular weight excluding hydrogens is 457 g/mol. The number of aromatic nitrogens is 4. The Balaban J connectivity index is 1.46. The lowest BCUT2D eigenvalue weighted by Crippen LogP contribution is -2.19. The molecule has 2 aromatic heterocycles. The van der Waals surface area contributed by atoms with Crippen molar-refractivity contribution >= 4 is 36.0 Å². The van der Waals surface area contributed by atoms with Crippen molar-refractivity contribution in [2.45, 2.75) is 31.7 Å². The van der Waals surface area contributed by atoms with Crippen LogP contribution in [0.2, 0.25) is 5.28 Å². The first-order valence-electron chi connectivity index (χ1n) is 10.2. The largest absolute Gasteiger partial charge is 0.378 e. The zero-order chi connectivity index (χ0) is 22.7. The van der Waals surface area contributed by atoms with Crippen LogP contribution in [0.15, 0.2) is 36.5 Å². The highest BCUT2D eigenvalue weighted by molar-refractivity contribution is 7.51. The molecule has 0 bridgehead atoms. The van der Waals surface area contributed by atoms with Gasteiger partial charge in [-0.2, -0.15) is 15.1 Å². The number of rotatable bonds is 9. The van der Waals surface area contributed by atoms with Crippen LogP contribution < -0.4 is 4.90 Å². The van der Waals surface area contributed by atoms with Gasteiger partial charge in [-0.3, -0.25) is 4.57 Å². The summed E-state index contributed by atoms with van der Waals surface area (Å²) in [5.74, 6) is 0.686. The van der Waals surface area contributed by atoms with Gasteiger partial charge < -0.3 is 24.2 Å². The van der Waals surface area contributed by atoms with E-state index in [0.717, 1.165) is 17.4 Å². The van der Waals surface area contributed by atoms with Crippen molar-refractivity contribution < 1.29 is 23.8 Å². The monoisotopic (exact) mass is 481 g/mol. The molecule has 2 N–H and O–H groups in total. The lowest BCUT2D eigenvalue weighted by atomic mass is 10.2. The molecule has 1 saturated heterocycles. The highest BCUT2D eigenvalue weighted by Gasteiger charge is 2.30. The van der Waals surface area contributed by atoms with Gasteiger partial charge in [-0.05, 0) is 30.0 Å². The van der Waals surface area contributed by atoms with E-state index < -0.39 is 7.60 Å². The lowest BCUT2D eigenvalue weighted by Gasteiger charge is -2.19. The van der Waals surface area contributed by atoms with Crippen molar-refractivity contribution in [1.29, 1.82) is 0 Å². The summed E-state index contributed by atoms with van der Waals surface area (Å²) in [4.78, 5) is 28.6. The molecule has 1 fully saturated rings. The average molecular weight is 482 g/mol. The summed E-state index contributed by atoms with van der Waals surface area (Å²) in [5.41, 5.74) is 1.74. The summed E-state index contributed by atoms with van der Waals surface area (Å²) in [5, 5.41) is 5.40. The Kier molecular flexibility index (Phi) is 7.09. The maximum absolute atomic E-state index is 10.9. The summed E-state index contributed by atoms with van der Waals surface area (Å²) in [6, 6.07) is 10.1. The van der Waals surface area contributed by atoms with Crippen molar-refractivity contribution in [3.05, 3.63) is 47.4 Å². The standard InChI is InChI=1S/C20H25ClN5O5P/c1-25(12-14-5-3-2-4-6-14)18-16-11-22-26(19(16)24-20(21)23-18)17-8-7-15(31-17)13-30-9-10-32(27,28)29/h2-6,11,15,17H,7-10,12-13H2,1H3,(H2,27,28,29). The van der Waals surface area contributed by atoms with E-state index in [1.807, 2.05) is 42.3 Å². The topological polar surface area (TPSA) is 123 Å². The molecule has 0 spiro atoms. The number of benzene rings is 1. The van der Waals surface area contributed by atoms with Crippen LogP contribution in [0, 0.1) is 0 Å². The normalized spacial score (nSPS) is 19.0. The first-order valence-corrected chi connectivity index (χ1v) is 12.4. The maximum atomic E-state index is 10.9. The van der Waals surface area contributed by atoms with Gasteiger partial charge >= 0.3 is 7.60 Å². The minimum atomic E-state index is -4.06. The number of hydrogen-bond acceptors (Lipinski definition) is 7. The number of halogens is 1. The van der Waals surface area contributed by atoms with Crippen molar-refractivity contribution in [2.75, 3.05) is 31.3 Å². The van der Waals surface area contributed by atoms with E-state index in [9.17, 15) is 4.57 Å². The molecule has 0 radical (unpaired) electrons. The minimum absolute atomic E-state index is 0.0144. The zero-order valence-electron chi connectivity index (χ0n) is 17.5. The molecule has 2 atom stereocenters. The predicted molar refractivity (Wildman–Crippen MR) is 120 cm³/mol. The molecule has 3 aromatic rings. The molecular formula is C20H25ClN5O5P. The number of anilines is 1. The van der Waals surface area contributed by atoms with Crippen molar-refractivity contribution in [2.24, 2.45) is 0 Å². The van der Waals surface area contributed by atoms with Gasteiger partial charge in [0.05, 0.1) is 37.1 Å². The number of hydrogen-bond donors (Lipinski definition) is 2. The third kappa shape index (κ3) is 5.64. The van der Waals surface area contributed by atoms with Crippen LogP contribution in [0.5, 0.6) is 0 Å². The molecule has 172 valence electrons. The number of fused-ring (bicyclic) bond motifs is 1. The summed E-state index contributed by atoms with van der Waals surface area (Å²) < 4.78 is 24.0. The summed E-state index contributed by atoms with van der Waals surface area (Å²) >= 11 is 6.24. The van der Waals surface area contributed by atoms with Crippen LogP contribution in [-0.2, 0) is 20.6 Å². The third-order valence-electron chi connectivity index (χ3n) is 5.22. The van der Waals surface area contributed by atoms with Gasteiger partial charge in [-0.1, -0.05) is 30.3 Å². The van der Waals surface area contributed by atoms with Crippen LogP contribution in [0.3, 0.4) is 0 Å². The maximum Gasteiger partial charge on any atom is 0.327 e. The Hall–Kier alpha value is -2.07. The highest BCUT2D eigenvalue weighted by Crippen LogP contribution is 2.35. The quantitative estimate of drug-likeness (QED) is 0.269. The summed E-state index contributed by atoms with van der Waals surface area (Å²) in [6.45, 7) is 0.901. The van der Waals surface area contributed by atoms with Crippen LogP contribution >= 0.6 is 19.2 Å². The van der Waals surface area contributed by atoms with Gasteiger partial charge in [0.25, 0.3) is 0 Å². The lowest BCUT2D eigenvalue weighted by molar-refractivity contribution is -0.0422. The van der Waals surface area contributed by atoms with E-state index in [1.54, 1.807) is 10.9 Å². The minimum Gasteiger partial charge on any atom is -0.378 e. The molecule has 32 heavy (non-hydrogen) atoms. The van der Waals surface area contributed by atoms with Gasteiger partial charge in [0.2, 0.25) is 5.28 Å². The van der Waals surface area contributed by atoms with Gasteiger partial charge in [0.1, 0.15) is 5.82 Å². The van der Waals surface area contributed by atoms with Gasteiger partial charge in [0, 0.05) is 13.6 Å². The Labute approximate surface area is 190 Å². The van der Waals surface area contributed by atoms with Crippen LogP contribution in [0.1, 0.15) is 24.6 Å². The molecule has 4 rings (SSSR count). The zero-order valence-corrected chi connectivity index (χ0v) is 19.2. The second-order valence-corrected chi connectivity index (χ2v) is 9.85. The third-order valence-corrected chi connectivity index (χ3v) is 6.15. The van der Waals surface area contributed by atoms with Gasteiger partial charge in [0.15, 0.2) is 11.9 Å². The van der Waals surface area contributed by atoms with E-state index >= 15 is 0 Å². The fourth-order valence-corrected chi connectivity index (χ4v) is 4.23. The molecule has 3 heterocycles. The molecule has 1 aromatic carbocycles. The first-order chi connectivity index (χ1) is 15.3. The number of nitrogens with zero attached hydrogens (tertiary/aromatic N) is 5. The Bertz CT molecular complexity index is 1110. The fourth-order valence-electron chi connectivity index (χ4n) is 3.71. The van der Waals surface area contributed by atoms with Gasteiger partial charge in [-0.15, -0.1) is 0 Å². The predicted octanol–water partition coefficient (Wildman–Crippen LogP) is 2.99. The second-order valence-electron chi connectivity index (χ2n) is 7.74. The summed E-state index contributed by atoms with van der Waals surface area (Å²) in [6.07, 6.45) is 2.34. The Morgan fingerprint density at radius 3 is 2.81 bits per heavy atom. The molecule has 1 aliphatic rings. The van der Waals surface area contributed by atoms with E-state index in [4.69, 9.17) is 30.9 Å². The van der Waals surface area contributed by atoms with Crippen molar-refractivity contribution in [3.8, 4) is 0 Å². The molecule has 0 amide bonds. The van der Waals surface area contributed by atoms with E-state index in [2.05, 4.69) is 15.1 Å². The number of ether oxygens (including phenoxy) is 2. The smallest absolute Gasteiger partial charge is 0.327 e. The van der Waals surface area contributed by atoms with E-state index in [0.29, 0.717) is 24.4 Å². The fraction of sp³-hybridized carbons (Fsp3) is 0.450.